The number of benzene rings is 2. The van der Waals surface area contributed by atoms with Gasteiger partial charge in [-0.05, 0) is 71.7 Å². The molecule has 0 unspecified atom stereocenters. The van der Waals surface area contributed by atoms with Crippen LogP contribution in [0.1, 0.15) is 48.9 Å². The number of aromatic hydroxyl groups is 2. The number of phenols is 2. The van der Waals surface area contributed by atoms with Gasteiger partial charge in [-0.25, -0.2) is 0 Å². The van der Waals surface area contributed by atoms with Crippen molar-refractivity contribution in [1.82, 2.24) is 0 Å². The van der Waals surface area contributed by atoms with Gasteiger partial charge in [0, 0.05) is 5.56 Å². The van der Waals surface area contributed by atoms with Gasteiger partial charge >= 0.3 is 0 Å². The van der Waals surface area contributed by atoms with Crippen LogP contribution in [0, 0.1) is 0 Å². The summed E-state index contributed by atoms with van der Waals surface area (Å²) in [6.07, 6.45) is 6.79. The molecule has 0 radical (unpaired) electrons. The number of rotatable bonds is 8. The van der Waals surface area contributed by atoms with Crippen molar-refractivity contribution in [3.8, 4) is 11.5 Å². The van der Waals surface area contributed by atoms with E-state index in [9.17, 15) is 10.2 Å². The van der Waals surface area contributed by atoms with Gasteiger partial charge in [-0.1, -0.05) is 44.2 Å². The van der Waals surface area contributed by atoms with Gasteiger partial charge in [-0.15, -0.1) is 13.2 Å². The summed E-state index contributed by atoms with van der Waals surface area (Å²) in [6, 6.07) is 11.2. The Labute approximate surface area is 156 Å². The molecule has 2 N–H and O–H groups in total. The quantitative estimate of drug-likeness (QED) is 0.435. The fourth-order valence-electron chi connectivity index (χ4n) is 3.53. The summed E-state index contributed by atoms with van der Waals surface area (Å²) < 4.78 is 0. The summed E-state index contributed by atoms with van der Waals surface area (Å²) in [5.41, 5.74) is 6.83. The van der Waals surface area contributed by atoms with Crippen molar-refractivity contribution in [2.75, 3.05) is 0 Å². The summed E-state index contributed by atoms with van der Waals surface area (Å²) >= 11 is 0. The minimum Gasteiger partial charge on any atom is -0.508 e. The zero-order chi connectivity index (χ0) is 19.1. The first-order valence-corrected chi connectivity index (χ1v) is 9.14. The van der Waals surface area contributed by atoms with Crippen LogP contribution < -0.4 is 0 Å². The molecule has 0 aliphatic rings. The molecule has 2 rings (SSSR count). The maximum Gasteiger partial charge on any atom is 0.119 e. The van der Waals surface area contributed by atoms with Crippen LogP contribution in [-0.2, 0) is 12.8 Å². The highest BCUT2D eigenvalue weighted by atomic mass is 16.3. The van der Waals surface area contributed by atoms with E-state index in [1.54, 1.807) is 18.2 Å². The van der Waals surface area contributed by atoms with E-state index >= 15 is 0 Å². The number of hydrogen-bond acceptors (Lipinski definition) is 2. The van der Waals surface area contributed by atoms with E-state index in [2.05, 4.69) is 27.0 Å². The molecule has 0 atom stereocenters. The van der Waals surface area contributed by atoms with Gasteiger partial charge < -0.3 is 10.2 Å². The van der Waals surface area contributed by atoms with Crippen molar-refractivity contribution >= 4 is 11.1 Å². The lowest BCUT2D eigenvalue weighted by Crippen LogP contribution is -2.01. The van der Waals surface area contributed by atoms with Crippen LogP contribution in [0.2, 0.25) is 0 Å². The van der Waals surface area contributed by atoms with Crippen LogP contribution in [-0.4, -0.2) is 10.2 Å². The Balaban J connectivity index is 2.75. The molecule has 26 heavy (non-hydrogen) atoms. The highest BCUT2D eigenvalue weighted by Crippen LogP contribution is 2.37. The van der Waals surface area contributed by atoms with Crippen LogP contribution in [0.15, 0.2) is 61.7 Å². The third-order valence-corrected chi connectivity index (χ3v) is 4.72. The van der Waals surface area contributed by atoms with Crippen molar-refractivity contribution < 1.29 is 10.2 Å². The van der Waals surface area contributed by atoms with E-state index in [0.717, 1.165) is 35.1 Å². The third-order valence-electron chi connectivity index (χ3n) is 4.72. The number of hydrogen-bond donors (Lipinski definition) is 2. The molecular weight excluding hydrogens is 320 g/mol. The van der Waals surface area contributed by atoms with E-state index in [-0.39, 0.29) is 5.75 Å². The maximum atomic E-state index is 10.3. The summed E-state index contributed by atoms with van der Waals surface area (Å²) in [6.45, 7) is 12.0. The van der Waals surface area contributed by atoms with E-state index in [1.165, 1.54) is 11.1 Å². The van der Waals surface area contributed by atoms with Crippen molar-refractivity contribution in [3.05, 3.63) is 84.0 Å². The van der Waals surface area contributed by atoms with Gasteiger partial charge in [-0.2, -0.15) is 0 Å². The van der Waals surface area contributed by atoms with Gasteiger partial charge in [0.25, 0.3) is 0 Å². The largest absolute Gasteiger partial charge is 0.508 e. The molecule has 0 aliphatic carbocycles. The smallest absolute Gasteiger partial charge is 0.119 e. The normalized spacial score (nSPS) is 11.8. The SMILES string of the molecule is C=CCc1c(O)ccc(C(CC)=C(CC)c2ccc(O)cc2)c1CC=C. The summed E-state index contributed by atoms with van der Waals surface area (Å²) in [7, 11) is 0. The predicted octanol–water partition coefficient (Wildman–Crippen LogP) is 6.29. The van der Waals surface area contributed by atoms with Crippen molar-refractivity contribution in [2.24, 2.45) is 0 Å². The molecule has 0 amide bonds. The van der Waals surface area contributed by atoms with E-state index < -0.39 is 0 Å². The van der Waals surface area contributed by atoms with Crippen LogP contribution in [0.25, 0.3) is 11.1 Å². The lowest BCUT2D eigenvalue weighted by Gasteiger charge is -2.20. The minimum atomic E-state index is 0.271. The third kappa shape index (κ3) is 4.08. The first-order valence-electron chi connectivity index (χ1n) is 9.14. The van der Waals surface area contributed by atoms with Crippen molar-refractivity contribution in [1.29, 1.82) is 0 Å². The Morgan fingerprint density at radius 3 is 1.92 bits per heavy atom. The fourth-order valence-corrected chi connectivity index (χ4v) is 3.53. The van der Waals surface area contributed by atoms with Crippen molar-refractivity contribution in [3.63, 3.8) is 0 Å². The summed E-state index contributed by atoms with van der Waals surface area (Å²) in [4.78, 5) is 0. The first-order chi connectivity index (χ1) is 12.6. The Morgan fingerprint density at radius 1 is 0.808 bits per heavy atom. The van der Waals surface area contributed by atoms with Crippen molar-refractivity contribution in [2.45, 2.75) is 39.5 Å². The molecule has 0 fully saturated rings. The zero-order valence-corrected chi connectivity index (χ0v) is 15.8. The van der Waals surface area contributed by atoms with Crippen LogP contribution in [0.3, 0.4) is 0 Å². The zero-order valence-electron chi connectivity index (χ0n) is 15.8. The number of phenolic OH excluding ortho intramolecular Hbond substituents is 2. The molecule has 0 spiro atoms. The molecular formula is C24H28O2. The molecule has 2 aromatic carbocycles. The van der Waals surface area contributed by atoms with Crippen LogP contribution in [0.4, 0.5) is 0 Å². The van der Waals surface area contributed by atoms with E-state index in [1.807, 2.05) is 30.4 Å². The molecule has 0 aliphatic heterocycles. The maximum absolute atomic E-state index is 10.3. The average molecular weight is 348 g/mol. The highest BCUT2D eigenvalue weighted by Gasteiger charge is 2.16. The second-order valence-corrected chi connectivity index (χ2v) is 6.29. The van der Waals surface area contributed by atoms with Crippen LogP contribution >= 0.6 is 0 Å². The first kappa shape index (κ1) is 19.6. The lowest BCUT2D eigenvalue weighted by molar-refractivity contribution is 0.468. The molecule has 2 heteroatoms. The Morgan fingerprint density at radius 2 is 1.38 bits per heavy atom. The number of allylic oxidation sites excluding steroid dienone is 4. The summed E-state index contributed by atoms with van der Waals surface area (Å²) in [5, 5.41) is 19.9. The standard InChI is InChI=1S/C24H28O2/c1-5-9-21-22(15-16-24(26)23(21)10-6-2)20(8-4)19(7-3)17-11-13-18(25)14-12-17/h5-6,11-16,25-26H,1-2,7-10H2,3-4H3. The van der Waals surface area contributed by atoms with Gasteiger partial charge in [0.15, 0.2) is 0 Å². The van der Waals surface area contributed by atoms with E-state index in [0.29, 0.717) is 18.6 Å². The second kappa shape index (κ2) is 9.10. The molecule has 0 saturated carbocycles. The average Bonchev–Trinajstić information content (AvgIpc) is 2.64. The molecule has 0 bridgehead atoms. The van der Waals surface area contributed by atoms with Gasteiger partial charge in [0.1, 0.15) is 11.5 Å². The van der Waals surface area contributed by atoms with Gasteiger partial charge in [0.05, 0.1) is 0 Å². The molecule has 2 aromatic rings. The van der Waals surface area contributed by atoms with Crippen LogP contribution in [0.5, 0.6) is 11.5 Å². The molecule has 2 nitrogen and oxygen atoms in total. The van der Waals surface area contributed by atoms with Gasteiger partial charge in [-0.3, -0.25) is 0 Å². The predicted molar refractivity (Wildman–Crippen MR) is 111 cm³/mol. The fraction of sp³-hybridized carbons (Fsp3) is 0.250. The topological polar surface area (TPSA) is 40.5 Å². The van der Waals surface area contributed by atoms with Gasteiger partial charge in [0.2, 0.25) is 0 Å². The molecule has 0 heterocycles. The molecule has 136 valence electrons. The monoisotopic (exact) mass is 348 g/mol. The Kier molecular flexibility index (Phi) is 6.85. The Bertz CT molecular complexity index is 811. The lowest BCUT2D eigenvalue weighted by atomic mass is 9.85. The second-order valence-electron chi connectivity index (χ2n) is 6.29. The van der Waals surface area contributed by atoms with E-state index in [4.69, 9.17) is 0 Å². The summed E-state index contributed by atoms with van der Waals surface area (Å²) in [5.74, 6) is 0.580. The highest BCUT2D eigenvalue weighted by molar-refractivity contribution is 5.92. The Hall–Kier alpha value is -2.74. The minimum absolute atomic E-state index is 0.271. The molecule has 0 saturated heterocycles. The molecule has 0 aromatic heterocycles.